The van der Waals surface area contributed by atoms with Crippen LogP contribution >= 0.6 is 0 Å². The van der Waals surface area contributed by atoms with Gasteiger partial charge in [-0.15, -0.1) is 0 Å². The quantitative estimate of drug-likeness (QED) is 0.157. The van der Waals surface area contributed by atoms with Crippen molar-refractivity contribution in [3.05, 3.63) is 35.7 Å². The number of hydrogen-bond donors (Lipinski definition) is 3. The number of pyridine rings is 1. The molecule has 0 unspecified atom stereocenters. The summed E-state index contributed by atoms with van der Waals surface area (Å²) in [6, 6.07) is 3.78. The number of imidazole rings is 1. The molecule has 9 nitrogen and oxygen atoms in total. The third-order valence-electron chi connectivity index (χ3n) is 5.82. The summed E-state index contributed by atoms with van der Waals surface area (Å²) in [6.45, 7) is 11.1. The van der Waals surface area contributed by atoms with Crippen LogP contribution in [0.1, 0.15) is 71.1 Å². The molecule has 0 aliphatic rings. The summed E-state index contributed by atoms with van der Waals surface area (Å²) in [5.41, 5.74) is 4.14. The molecule has 188 valence electrons. The second kappa shape index (κ2) is 14.4. The van der Waals surface area contributed by atoms with Gasteiger partial charge in [-0.3, -0.25) is 24.2 Å². The van der Waals surface area contributed by atoms with Crippen LogP contribution < -0.4 is 10.8 Å². The molecule has 2 heterocycles. The minimum atomic E-state index is -0.585. The average molecular weight is 473 g/mol. The van der Waals surface area contributed by atoms with Crippen molar-refractivity contribution in [3.8, 4) is 0 Å². The Kier molecular flexibility index (Phi) is 11.6. The fraction of sp³-hybridized carbons (Fsp3) is 0.560. The second-order valence-corrected chi connectivity index (χ2v) is 8.14. The maximum atomic E-state index is 12.8. The van der Waals surface area contributed by atoms with E-state index in [9.17, 15) is 9.59 Å². The van der Waals surface area contributed by atoms with Gasteiger partial charge in [-0.05, 0) is 43.5 Å². The Balaban J connectivity index is 2.19. The van der Waals surface area contributed by atoms with E-state index in [1.807, 2.05) is 34.7 Å². The Hall–Kier alpha value is -2.91. The van der Waals surface area contributed by atoms with E-state index in [0.717, 1.165) is 55.1 Å². The third-order valence-corrected chi connectivity index (χ3v) is 5.82. The first-order valence-electron chi connectivity index (χ1n) is 12.4. The summed E-state index contributed by atoms with van der Waals surface area (Å²) in [5.74, 6) is 0.429. The van der Waals surface area contributed by atoms with Gasteiger partial charge < -0.3 is 5.32 Å². The lowest BCUT2D eigenvalue weighted by atomic mass is 10.1. The van der Waals surface area contributed by atoms with Crippen LogP contribution in [0.25, 0.3) is 11.7 Å². The predicted molar refractivity (Wildman–Crippen MR) is 135 cm³/mol. The molecule has 9 heteroatoms. The van der Waals surface area contributed by atoms with Crippen LogP contribution in [-0.2, 0) is 16.0 Å². The molecular weight excluding hydrogens is 432 g/mol. The first-order valence-corrected chi connectivity index (χ1v) is 12.4. The molecule has 0 saturated heterocycles. The number of hydrazine groups is 1. The van der Waals surface area contributed by atoms with Gasteiger partial charge in [-0.1, -0.05) is 40.0 Å². The molecule has 0 saturated carbocycles. The largest absolute Gasteiger partial charge is 0.369 e. The standard InChI is InChI=1S/C25H40N6O3/c1-5-9-10-11-12-21-25(26-17-15-24(33)31(8-4)29(6-2)7-3)30-18-16-20(19-22(30)27-21)13-14-23(32)28-34/h13-14,16,18-19,26,34H,5-12,15,17H2,1-4H3,(H,28,32). The van der Waals surface area contributed by atoms with Crippen LogP contribution in [0.5, 0.6) is 0 Å². The maximum Gasteiger partial charge on any atom is 0.267 e. The molecule has 2 aromatic rings. The zero-order chi connectivity index (χ0) is 24.9. The number of anilines is 1. The van der Waals surface area contributed by atoms with E-state index in [-0.39, 0.29) is 5.91 Å². The lowest BCUT2D eigenvalue weighted by Crippen LogP contribution is -2.46. The fourth-order valence-electron chi connectivity index (χ4n) is 4.02. The van der Waals surface area contributed by atoms with Gasteiger partial charge in [0.2, 0.25) is 5.91 Å². The number of amides is 2. The number of carbonyl (C=O) groups is 2. The predicted octanol–water partition coefficient (Wildman–Crippen LogP) is 3.88. The Bertz CT molecular complexity index is 952. The SMILES string of the molecule is CCCCCCc1nc2cc(C=CC(=O)NO)ccn2c1NCCC(=O)N(CC)N(CC)CC. The molecule has 0 aliphatic carbocycles. The molecule has 3 N–H and O–H groups in total. The van der Waals surface area contributed by atoms with Gasteiger partial charge in [-0.2, -0.15) is 0 Å². The molecule has 0 bridgehead atoms. The Morgan fingerprint density at radius 2 is 1.88 bits per heavy atom. The van der Waals surface area contributed by atoms with E-state index in [2.05, 4.69) is 31.1 Å². The van der Waals surface area contributed by atoms with Crippen LogP contribution in [0.15, 0.2) is 24.4 Å². The van der Waals surface area contributed by atoms with Crippen LogP contribution in [0.4, 0.5) is 5.82 Å². The molecular formula is C25H40N6O3. The highest BCUT2D eigenvalue weighted by Gasteiger charge is 2.18. The van der Waals surface area contributed by atoms with Crippen molar-refractivity contribution < 1.29 is 14.8 Å². The summed E-state index contributed by atoms with van der Waals surface area (Å²) in [7, 11) is 0. The number of aromatic nitrogens is 2. The van der Waals surface area contributed by atoms with E-state index in [1.165, 1.54) is 18.9 Å². The second-order valence-electron chi connectivity index (χ2n) is 8.14. The molecule has 0 aromatic carbocycles. The summed E-state index contributed by atoms with van der Waals surface area (Å²) in [4.78, 5) is 28.9. The van der Waals surface area contributed by atoms with Gasteiger partial charge >= 0.3 is 0 Å². The lowest BCUT2D eigenvalue weighted by Gasteiger charge is -2.32. The summed E-state index contributed by atoms with van der Waals surface area (Å²) >= 11 is 0. The highest BCUT2D eigenvalue weighted by Crippen LogP contribution is 2.22. The van der Waals surface area contributed by atoms with Crippen molar-refractivity contribution in [1.82, 2.24) is 24.9 Å². The number of nitrogens with zero attached hydrogens (tertiary/aromatic N) is 4. The molecule has 0 fully saturated rings. The number of fused-ring (bicyclic) bond motifs is 1. The first kappa shape index (κ1) is 27.3. The van der Waals surface area contributed by atoms with Crippen molar-refractivity contribution in [2.45, 2.75) is 66.2 Å². The van der Waals surface area contributed by atoms with E-state index in [1.54, 1.807) is 11.6 Å². The average Bonchev–Trinajstić information content (AvgIpc) is 3.19. The number of rotatable bonds is 15. The van der Waals surface area contributed by atoms with Gasteiger partial charge in [0.25, 0.3) is 5.91 Å². The van der Waals surface area contributed by atoms with Crippen molar-refractivity contribution >= 4 is 29.4 Å². The molecule has 0 radical (unpaired) electrons. The molecule has 2 amide bonds. The van der Waals surface area contributed by atoms with Crippen LogP contribution in [0.2, 0.25) is 0 Å². The van der Waals surface area contributed by atoms with Gasteiger partial charge in [0, 0.05) is 44.9 Å². The highest BCUT2D eigenvalue weighted by molar-refractivity contribution is 5.91. The highest BCUT2D eigenvalue weighted by atomic mass is 16.5. The Morgan fingerprint density at radius 1 is 1.12 bits per heavy atom. The number of hydrogen-bond acceptors (Lipinski definition) is 6. The normalized spacial score (nSPS) is 11.5. The zero-order valence-corrected chi connectivity index (χ0v) is 21.0. The van der Waals surface area contributed by atoms with E-state index in [4.69, 9.17) is 10.2 Å². The summed E-state index contributed by atoms with van der Waals surface area (Å²) < 4.78 is 1.99. The molecule has 2 rings (SSSR count). The van der Waals surface area contributed by atoms with Crippen molar-refractivity contribution in [2.75, 3.05) is 31.5 Å². The smallest absolute Gasteiger partial charge is 0.267 e. The molecule has 0 aliphatic heterocycles. The Morgan fingerprint density at radius 3 is 2.53 bits per heavy atom. The zero-order valence-electron chi connectivity index (χ0n) is 21.0. The van der Waals surface area contributed by atoms with Crippen molar-refractivity contribution in [3.63, 3.8) is 0 Å². The summed E-state index contributed by atoms with van der Waals surface area (Å²) in [6.07, 6.45) is 10.6. The van der Waals surface area contributed by atoms with E-state index < -0.39 is 5.91 Å². The third kappa shape index (κ3) is 7.56. The molecule has 34 heavy (non-hydrogen) atoms. The van der Waals surface area contributed by atoms with Gasteiger partial charge in [0.1, 0.15) is 11.5 Å². The minimum absolute atomic E-state index is 0.103. The number of carbonyl (C=O) groups excluding carboxylic acids is 2. The fourth-order valence-corrected chi connectivity index (χ4v) is 4.02. The van der Waals surface area contributed by atoms with Gasteiger partial charge in [0.05, 0.1) is 5.69 Å². The van der Waals surface area contributed by atoms with Crippen LogP contribution in [0, 0.1) is 0 Å². The van der Waals surface area contributed by atoms with E-state index in [0.29, 0.717) is 19.5 Å². The molecule has 0 spiro atoms. The van der Waals surface area contributed by atoms with Crippen LogP contribution in [-0.4, -0.2) is 62.6 Å². The molecule has 2 aromatic heterocycles. The maximum absolute atomic E-state index is 12.8. The van der Waals surface area contributed by atoms with E-state index >= 15 is 0 Å². The lowest BCUT2D eigenvalue weighted by molar-refractivity contribution is -0.147. The minimum Gasteiger partial charge on any atom is -0.369 e. The number of unbranched alkanes of at least 4 members (excludes halogenated alkanes) is 3. The van der Waals surface area contributed by atoms with Gasteiger partial charge in [0.15, 0.2) is 0 Å². The number of hydroxylamine groups is 1. The Labute approximate surface area is 202 Å². The number of aryl methyl sites for hydroxylation is 1. The number of nitrogens with one attached hydrogen (secondary N) is 2. The first-order chi connectivity index (χ1) is 16.5. The van der Waals surface area contributed by atoms with Crippen molar-refractivity contribution in [2.24, 2.45) is 0 Å². The van der Waals surface area contributed by atoms with Crippen LogP contribution in [0.3, 0.4) is 0 Å². The molecule has 0 atom stereocenters. The van der Waals surface area contributed by atoms with Crippen molar-refractivity contribution in [1.29, 1.82) is 0 Å². The topological polar surface area (TPSA) is 102 Å². The summed E-state index contributed by atoms with van der Waals surface area (Å²) in [5, 5.41) is 16.0. The monoisotopic (exact) mass is 472 g/mol. The van der Waals surface area contributed by atoms with Gasteiger partial charge in [-0.25, -0.2) is 15.5 Å².